The highest BCUT2D eigenvalue weighted by molar-refractivity contribution is 5.82. The van der Waals surface area contributed by atoms with Crippen molar-refractivity contribution in [3.05, 3.63) is 6.33 Å². The monoisotopic (exact) mass is 282 g/mol. The molecule has 0 unspecified atom stereocenters. The van der Waals surface area contributed by atoms with Gasteiger partial charge in [-0.25, -0.2) is 4.98 Å². The molecule has 7 N–H and O–H groups in total. The number of nitrogens with zero attached hydrogens (tertiary/aromatic N) is 4. The molecule has 3 rings (SSSR count). The Kier molecular flexibility index (Phi) is 2.94. The number of fused-ring (bicyclic) bond motifs is 1. The topological polar surface area (TPSA) is 166 Å². The van der Waals surface area contributed by atoms with E-state index < -0.39 is 31.1 Å². The minimum absolute atomic E-state index is 0.0384. The van der Waals surface area contributed by atoms with E-state index in [1.165, 1.54) is 10.9 Å². The van der Waals surface area contributed by atoms with Gasteiger partial charge in [0.05, 0.1) is 12.9 Å². The summed E-state index contributed by atoms with van der Waals surface area (Å²) in [7, 11) is 0. The number of rotatable bonds is 2. The van der Waals surface area contributed by atoms with Gasteiger partial charge in [0.2, 0.25) is 5.95 Å². The van der Waals surface area contributed by atoms with Crippen LogP contribution in [0.4, 0.5) is 11.8 Å². The Labute approximate surface area is 112 Å². The van der Waals surface area contributed by atoms with E-state index in [-0.39, 0.29) is 17.4 Å². The first kappa shape index (κ1) is 13.0. The molecule has 3 heterocycles. The van der Waals surface area contributed by atoms with Crippen molar-refractivity contribution >= 4 is 22.9 Å². The van der Waals surface area contributed by atoms with E-state index in [4.69, 9.17) is 21.3 Å². The first-order chi connectivity index (χ1) is 9.52. The number of aliphatic hydroxyl groups is 3. The SMILES string of the molecule is Nc1nc(N)c2ncn([C@@H]3O[C@H](CO)[C@H](O)[C@H]3O)c2n1. The fourth-order valence-electron chi connectivity index (χ4n) is 2.25. The summed E-state index contributed by atoms with van der Waals surface area (Å²) in [6, 6.07) is 0. The molecule has 0 radical (unpaired) electrons. The summed E-state index contributed by atoms with van der Waals surface area (Å²) in [6.07, 6.45) is -2.92. The fourth-order valence-corrected chi connectivity index (χ4v) is 2.25. The predicted molar refractivity (Wildman–Crippen MR) is 67.2 cm³/mol. The second-order valence-electron chi connectivity index (χ2n) is 4.52. The van der Waals surface area contributed by atoms with Gasteiger partial charge >= 0.3 is 0 Å². The van der Waals surface area contributed by atoms with Crippen molar-refractivity contribution in [1.29, 1.82) is 0 Å². The number of aromatic nitrogens is 4. The molecule has 20 heavy (non-hydrogen) atoms. The largest absolute Gasteiger partial charge is 0.394 e. The van der Waals surface area contributed by atoms with E-state index in [0.29, 0.717) is 5.52 Å². The average Bonchev–Trinajstić information content (AvgIpc) is 2.93. The zero-order chi connectivity index (χ0) is 14.4. The van der Waals surface area contributed by atoms with Crippen LogP contribution in [0.2, 0.25) is 0 Å². The first-order valence-electron chi connectivity index (χ1n) is 5.91. The van der Waals surface area contributed by atoms with Crippen molar-refractivity contribution in [2.24, 2.45) is 0 Å². The molecule has 10 heteroatoms. The minimum Gasteiger partial charge on any atom is -0.394 e. The molecule has 10 nitrogen and oxygen atoms in total. The van der Waals surface area contributed by atoms with Gasteiger partial charge in [-0.3, -0.25) is 4.57 Å². The van der Waals surface area contributed by atoms with Gasteiger partial charge in [-0.2, -0.15) is 9.97 Å². The van der Waals surface area contributed by atoms with Gasteiger partial charge in [0, 0.05) is 0 Å². The van der Waals surface area contributed by atoms with Gasteiger partial charge < -0.3 is 31.5 Å². The van der Waals surface area contributed by atoms with Crippen molar-refractivity contribution in [2.45, 2.75) is 24.5 Å². The van der Waals surface area contributed by atoms with Crippen molar-refractivity contribution < 1.29 is 20.1 Å². The molecule has 0 bridgehead atoms. The second-order valence-corrected chi connectivity index (χ2v) is 4.52. The lowest BCUT2D eigenvalue weighted by atomic mass is 10.1. The second kappa shape index (κ2) is 4.52. The number of hydrogen-bond acceptors (Lipinski definition) is 9. The molecule has 1 saturated heterocycles. The van der Waals surface area contributed by atoms with Gasteiger partial charge in [-0.05, 0) is 0 Å². The molecule has 0 spiro atoms. The molecule has 2 aromatic rings. The number of imidazole rings is 1. The Hall–Kier alpha value is -2.01. The standard InChI is InChI=1S/C10H14N6O4/c11-7-4-8(15-10(12)14-7)16(2-13-4)9-6(19)5(18)3(1-17)20-9/h2-3,5-6,9,17-19H,1H2,(H4,11,12,14,15)/t3-,5+,6-,9-/m1/s1. The van der Waals surface area contributed by atoms with E-state index in [2.05, 4.69) is 15.0 Å². The number of aliphatic hydroxyl groups excluding tert-OH is 3. The summed E-state index contributed by atoms with van der Waals surface area (Å²) in [4.78, 5) is 11.8. The summed E-state index contributed by atoms with van der Waals surface area (Å²) >= 11 is 0. The van der Waals surface area contributed by atoms with Crippen LogP contribution >= 0.6 is 0 Å². The lowest BCUT2D eigenvalue weighted by molar-refractivity contribution is -0.0511. The normalized spacial score (nSPS) is 30.1. The molecule has 0 aromatic carbocycles. The summed E-state index contributed by atoms with van der Waals surface area (Å²) in [5.74, 6) is 0.0708. The Bertz CT molecular complexity index is 646. The Morgan fingerprint density at radius 2 is 2.00 bits per heavy atom. The molecule has 0 saturated carbocycles. The lowest BCUT2D eigenvalue weighted by Gasteiger charge is -2.16. The maximum atomic E-state index is 9.99. The van der Waals surface area contributed by atoms with Crippen molar-refractivity contribution in [1.82, 2.24) is 19.5 Å². The molecule has 1 aliphatic rings. The molecule has 2 aromatic heterocycles. The molecule has 0 amide bonds. The average molecular weight is 282 g/mol. The third-order valence-electron chi connectivity index (χ3n) is 3.26. The van der Waals surface area contributed by atoms with Crippen LogP contribution in [-0.2, 0) is 4.74 Å². The predicted octanol–water partition coefficient (Wildman–Crippen LogP) is -2.40. The van der Waals surface area contributed by atoms with Crippen LogP contribution in [0.5, 0.6) is 0 Å². The number of nitrogen functional groups attached to an aromatic ring is 2. The molecular weight excluding hydrogens is 268 g/mol. The molecular formula is C10H14N6O4. The van der Waals surface area contributed by atoms with Crippen molar-refractivity contribution in [3.8, 4) is 0 Å². The zero-order valence-electron chi connectivity index (χ0n) is 10.3. The molecule has 0 aliphatic carbocycles. The van der Waals surface area contributed by atoms with Crippen LogP contribution in [0.15, 0.2) is 6.33 Å². The summed E-state index contributed by atoms with van der Waals surface area (Å²) < 4.78 is 6.79. The van der Waals surface area contributed by atoms with E-state index in [1.807, 2.05) is 0 Å². The van der Waals surface area contributed by atoms with Crippen molar-refractivity contribution in [2.75, 3.05) is 18.1 Å². The van der Waals surface area contributed by atoms with Crippen LogP contribution in [-0.4, -0.2) is 59.8 Å². The van der Waals surface area contributed by atoms with Crippen molar-refractivity contribution in [3.63, 3.8) is 0 Å². The van der Waals surface area contributed by atoms with E-state index in [0.717, 1.165) is 0 Å². The highest BCUT2D eigenvalue weighted by Gasteiger charge is 2.44. The quantitative estimate of drug-likeness (QED) is 0.403. The Morgan fingerprint density at radius 3 is 2.65 bits per heavy atom. The van der Waals surface area contributed by atoms with Gasteiger partial charge in [0.1, 0.15) is 23.8 Å². The van der Waals surface area contributed by atoms with Gasteiger partial charge in [0.25, 0.3) is 0 Å². The van der Waals surface area contributed by atoms with E-state index >= 15 is 0 Å². The highest BCUT2D eigenvalue weighted by atomic mass is 16.6. The molecule has 108 valence electrons. The summed E-state index contributed by atoms with van der Waals surface area (Å²) in [5.41, 5.74) is 11.8. The molecule has 1 aliphatic heterocycles. The third-order valence-corrected chi connectivity index (χ3v) is 3.26. The minimum atomic E-state index is -1.23. The Morgan fingerprint density at radius 1 is 1.25 bits per heavy atom. The maximum Gasteiger partial charge on any atom is 0.224 e. The summed E-state index contributed by atoms with van der Waals surface area (Å²) in [5, 5.41) is 28.8. The van der Waals surface area contributed by atoms with Crippen LogP contribution in [0.1, 0.15) is 6.23 Å². The highest BCUT2D eigenvalue weighted by Crippen LogP contribution is 2.31. The van der Waals surface area contributed by atoms with Gasteiger partial charge in [-0.15, -0.1) is 0 Å². The van der Waals surface area contributed by atoms with Crippen LogP contribution in [0, 0.1) is 0 Å². The maximum absolute atomic E-state index is 9.99. The van der Waals surface area contributed by atoms with Crippen LogP contribution in [0.3, 0.4) is 0 Å². The lowest BCUT2D eigenvalue weighted by Crippen LogP contribution is -2.33. The van der Waals surface area contributed by atoms with E-state index in [9.17, 15) is 10.2 Å². The van der Waals surface area contributed by atoms with Crippen LogP contribution < -0.4 is 11.5 Å². The van der Waals surface area contributed by atoms with Gasteiger partial charge in [-0.1, -0.05) is 0 Å². The number of nitrogens with two attached hydrogens (primary N) is 2. The molecule has 1 fully saturated rings. The smallest absolute Gasteiger partial charge is 0.224 e. The fraction of sp³-hybridized carbons (Fsp3) is 0.500. The summed E-state index contributed by atoms with van der Waals surface area (Å²) in [6.45, 7) is -0.416. The number of anilines is 2. The van der Waals surface area contributed by atoms with Gasteiger partial charge in [0.15, 0.2) is 17.7 Å². The van der Waals surface area contributed by atoms with E-state index in [1.54, 1.807) is 0 Å². The number of ether oxygens (including phenoxy) is 1. The first-order valence-corrected chi connectivity index (χ1v) is 5.91. The Balaban J connectivity index is 2.07. The number of hydrogen-bond donors (Lipinski definition) is 5. The van der Waals surface area contributed by atoms with Crippen LogP contribution in [0.25, 0.3) is 11.2 Å². The zero-order valence-corrected chi connectivity index (χ0v) is 10.3. The third kappa shape index (κ3) is 1.78. The molecule has 4 atom stereocenters.